The van der Waals surface area contributed by atoms with Gasteiger partial charge in [0.05, 0.1) is 6.61 Å². The lowest BCUT2D eigenvalue weighted by atomic mass is 10.1. The number of hydrogen-bond donors (Lipinski definition) is 0. The Morgan fingerprint density at radius 2 is 2.14 bits per heavy atom. The van der Waals surface area contributed by atoms with Crippen molar-refractivity contribution in [2.75, 3.05) is 6.61 Å². The van der Waals surface area contributed by atoms with E-state index in [2.05, 4.69) is 0 Å². The zero-order valence-corrected chi connectivity index (χ0v) is 7.72. The molecule has 0 saturated heterocycles. The normalized spacial score (nSPS) is 9.93. The Balaban J connectivity index is 3.13. The van der Waals surface area contributed by atoms with Crippen molar-refractivity contribution in [2.45, 2.75) is 13.3 Å². The highest BCUT2D eigenvalue weighted by Gasteiger charge is 2.11. The second kappa shape index (κ2) is 4.69. The van der Waals surface area contributed by atoms with E-state index < -0.39 is 11.6 Å². The number of aldehydes is 1. The summed E-state index contributed by atoms with van der Waals surface area (Å²) in [5.74, 6) is -1.52. The summed E-state index contributed by atoms with van der Waals surface area (Å²) < 4.78 is 30.9. The Morgan fingerprint density at radius 3 is 2.71 bits per heavy atom. The summed E-state index contributed by atoms with van der Waals surface area (Å²) in [5, 5.41) is 0. The van der Waals surface area contributed by atoms with E-state index in [0.717, 1.165) is 12.1 Å². The van der Waals surface area contributed by atoms with Crippen LogP contribution in [-0.2, 0) is 11.2 Å². The van der Waals surface area contributed by atoms with Gasteiger partial charge in [0.1, 0.15) is 12.1 Å². The third kappa shape index (κ3) is 2.28. The highest BCUT2D eigenvalue weighted by atomic mass is 19.1. The van der Waals surface area contributed by atoms with Gasteiger partial charge in [-0.1, -0.05) is 0 Å². The van der Waals surface area contributed by atoms with Crippen molar-refractivity contribution in [1.29, 1.82) is 0 Å². The van der Waals surface area contributed by atoms with Gasteiger partial charge in [-0.15, -0.1) is 0 Å². The summed E-state index contributed by atoms with van der Waals surface area (Å²) in [6.07, 6.45) is 0.529. The van der Waals surface area contributed by atoms with Crippen LogP contribution in [-0.4, -0.2) is 12.9 Å². The molecule has 1 rings (SSSR count). The Bertz CT molecular complexity index is 337. The maximum atomic E-state index is 13.1. The van der Waals surface area contributed by atoms with E-state index >= 15 is 0 Å². The van der Waals surface area contributed by atoms with Gasteiger partial charge >= 0.3 is 0 Å². The van der Waals surface area contributed by atoms with Gasteiger partial charge in [0.25, 0.3) is 0 Å². The standard InChI is InChI=1S/C10H10F2O2/c1-2-14-10-7(3-4-13)5-8(11)6-9(10)12/h4-6H,2-3H2,1H3. The molecule has 0 aliphatic heterocycles. The first kappa shape index (κ1) is 10.6. The summed E-state index contributed by atoms with van der Waals surface area (Å²) in [6.45, 7) is 1.96. The predicted octanol–water partition coefficient (Wildman–Crippen LogP) is 2.10. The third-order valence-corrected chi connectivity index (χ3v) is 1.68. The molecule has 0 aliphatic rings. The fourth-order valence-electron chi connectivity index (χ4n) is 1.16. The van der Waals surface area contributed by atoms with E-state index in [1.165, 1.54) is 0 Å². The quantitative estimate of drug-likeness (QED) is 0.696. The first-order valence-electron chi connectivity index (χ1n) is 4.23. The van der Waals surface area contributed by atoms with Crippen molar-refractivity contribution in [2.24, 2.45) is 0 Å². The van der Waals surface area contributed by atoms with Crippen LogP contribution >= 0.6 is 0 Å². The van der Waals surface area contributed by atoms with E-state index in [1.54, 1.807) is 6.92 Å². The van der Waals surface area contributed by atoms with Gasteiger partial charge < -0.3 is 9.53 Å². The lowest BCUT2D eigenvalue weighted by Crippen LogP contribution is -2.01. The molecule has 0 amide bonds. The Morgan fingerprint density at radius 1 is 1.43 bits per heavy atom. The number of hydrogen-bond acceptors (Lipinski definition) is 2. The fraction of sp³-hybridized carbons (Fsp3) is 0.300. The summed E-state index contributed by atoms with van der Waals surface area (Å²) in [6, 6.07) is 1.84. The van der Waals surface area contributed by atoms with Crippen molar-refractivity contribution >= 4 is 6.29 Å². The molecule has 1 aromatic carbocycles. The van der Waals surface area contributed by atoms with Crippen molar-refractivity contribution in [1.82, 2.24) is 0 Å². The zero-order valence-electron chi connectivity index (χ0n) is 7.72. The molecule has 0 radical (unpaired) electrons. The van der Waals surface area contributed by atoms with Crippen LogP contribution in [0.5, 0.6) is 5.75 Å². The van der Waals surface area contributed by atoms with Crippen molar-refractivity contribution < 1.29 is 18.3 Å². The minimum Gasteiger partial charge on any atom is -0.490 e. The van der Waals surface area contributed by atoms with Crippen LogP contribution in [0.2, 0.25) is 0 Å². The summed E-state index contributed by atoms with van der Waals surface area (Å²) in [4.78, 5) is 10.3. The molecule has 0 fully saturated rings. The Labute approximate surface area is 80.5 Å². The van der Waals surface area contributed by atoms with Gasteiger partial charge in [-0.2, -0.15) is 0 Å². The molecule has 0 spiro atoms. The molecular weight excluding hydrogens is 190 g/mol. The predicted molar refractivity (Wildman–Crippen MR) is 47.3 cm³/mol. The molecule has 1 aromatic rings. The number of rotatable bonds is 4. The van der Waals surface area contributed by atoms with Crippen LogP contribution in [0.3, 0.4) is 0 Å². The summed E-state index contributed by atoms with van der Waals surface area (Å²) in [7, 11) is 0. The van der Waals surface area contributed by atoms with Gasteiger partial charge in [-0.25, -0.2) is 8.78 Å². The smallest absolute Gasteiger partial charge is 0.168 e. The van der Waals surface area contributed by atoms with E-state index in [1.807, 2.05) is 0 Å². The fourth-order valence-corrected chi connectivity index (χ4v) is 1.16. The lowest BCUT2D eigenvalue weighted by Gasteiger charge is -2.09. The molecule has 4 heteroatoms. The van der Waals surface area contributed by atoms with E-state index in [4.69, 9.17) is 4.74 Å². The van der Waals surface area contributed by atoms with E-state index in [-0.39, 0.29) is 24.3 Å². The molecule has 0 aliphatic carbocycles. The molecule has 0 aromatic heterocycles. The van der Waals surface area contributed by atoms with Crippen LogP contribution in [0.4, 0.5) is 8.78 Å². The Kier molecular flexibility index (Phi) is 3.56. The van der Waals surface area contributed by atoms with Gasteiger partial charge in [0, 0.05) is 18.1 Å². The van der Waals surface area contributed by atoms with Gasteiger partial charge in [-0.05, 0) is 13.0 Å². The monoisotopic (exact) mass is 200 g/mol. The summed E-state index contributed by atoms with van der Waals surface area (Å²) in [5.41, 5.74) is 0.236. The van der Waals surface area contributed by atoms with E-state index in [9.17, 15) is 13.6 Å². The molecule has 76 valence electrons. The number of carbonyl (C=O) groups excluding carboxylic acids is 1. The number of ether oxygens (including phenoxy) is 1. The molecule has 0 unspecified atom stereocenters. The topological polar surface area (TPSA) is 26.3 Å². The maximum absolute atomic E-state index is 13.1. The second-order valence-electron chi connectivity index (χ2n) is 2.68. The Hall–Kier alpha value is -1.45. The molecule has 0 saturated carbocycles. The highest BCUT2D eigenvalue weighted by Crippen LogP contribution is 2.24. The minimum atomic E-state index is -0.774. The van der Waals surface area contributed by atoms with Crippen LogP contribution < -0.4 is 4.74 Å². The van der Waals surface area contributed by atoms with E-state index in [0.29, 0.717) is 6.29 Å². The number of benzene rings is 1. The number of halogens is 2. The van der Waals surface area contributed by atoms with Crippen molar-refractivity contribution in [3.05, 3.63) is 29.3 Å². The lowest BCUT2D eigenvalue weighted by molar-refractivity contribution is -0.107. The molecule has 0 N–H and O–H groups in total. The van der Waals surface area contributed by atoms with Crippen LogP contribution in [0, 0.1) is 11.6 Å². The largest absolute Gasteiger partial charge is 0.490 e. The third-order valence-electron chi connectivity index (χ3n) is 1.68. The number of carbonyl (C=O) groups is 1. The van der Waals surface area contributed by atoms with Gasteiger partial charge in [0.15, 0.2) is 11.6 Å². The molecule has 0 atom stereocenters. The van der Waals surface area contributed by atoms with Crippen LogP contribution in [0.25, 0.3) is 0 Å². The van der Waals surface area contributed by atoms with Crippen molar-refractivity contribution in [3.8, 4) is 5.75 Å². The van der Waals surface area contributed by atoms with Gasteiger partial charge in [-0.3, -0.25) is 0 Å². The second-order valence-corrected chi connectivity index (χ2v) is 2.68. The first-order valence-corrected chi connectivity index (χ1v) is 4.23. The van der Waals surface area contributed by atoms with Crippen LogP contribution in [0.1, 0.15) is 12.5 Å². The SMILES string of the molecule is CCOc1c(F)cc(F)cc1CC=O. The van der Waals surface area contributed by atoms with Crippen LogP contribution in [0.15, 0.2) is 12.1 Å². The molecular formula is C10H10F2O2. The zero-order chi connectivity index (χ0) is 10.6. The molecule has 0 bridgehead atoms. The molecule has 14 heavy (non-hydrogen) atoms. The molecule has 2 nitrogen and oxygen atoms in total. The van der Waals surface area contributed by atoms with Crippen molar-refractivity contribution in [3.63, 3.8) is 0 Å². The first-order chi connectivity index (χ1) is 6.69. The highest BCUT2D eigenvalue weighted by molar-refractivity contribution is 5.57. The van der Waals surface area contributed by atoms with Gasteiger partial charge in [0.2, 0.25) is 0 Å². The molecule has 0 heterocycles. The summed E-state index contributed by atoms with van der Waals surface area (Å²) >= 11 is 0. The maximum Gasteiger partial charge on any atom is 0.168 e. The average Bonchev–Trinajstić information content (AvgIpc) is 2.11. The average molecular weight is 200 g/mol. The minimum absolute atomic E-state index is 0.0407.